The van der Waals surface area contributed by atoms with Crippen LogP contribution in [0.25, 0.3) is 0 Å². The Morgan fingerprint density at radius 1 is 1.36 bits per heavy atom. The van der Waals surface area contributed by atoms with Gasteiger partial charge in [0, 0.05) is 5.69 Å². The molecule has 1 amide bonds. The lowest BCUT2D eigenvalue weighted by molar-refractivity contribution is -0.146. The van der Waals surface area contributed by atoms with Crippen molar-refractivity contribution in [2.24, 2.45) is 11.8 Å². The topological polar surface area (TPSA) is 75.6 Å². The summed E-state index contributed by atoms with van der Waals surface area (Å²) in [6.45, 7) is 3.78. The number of amides is 1. The number of benzene rings is 1. The standard InChI is InChI=1S/C17H19NO4/c1-3-10-6-4-5-7-11(10)18-15(19)14-13(16(20)21)12-8-9-17(14,2)22-12/h4-9,12-14H,3H2,1-2H3,(H,18,19)(H,20,21)/t12-,13-,14-,17-/m1/s1. The van der Waals surface area contributed by atoms with E-state index in [1.165, 1.54) is 0 Å². The molecule has 1 fully saturated rings. The summed E-state index contributed by atoms with van der Waals surface area (Å²) in [5, 5.41) is 12.3. The molecule has 22 heavy (non-hydrogen) atoms. The molecule has 3 rings (SSSR count). The minimum absolute atomic E-state index is 0.303. The zero-order chi connectivity index (χ0) is 15.9. The fraction of sp³-hybridized carbons (Fsp3) is 0.412. The predicted molar refractivity (Wildman–Crippen MR) is 81.5 cm³/mol. The van der Waals surface area contributed by atoms with Gasteiger partial charge in [0.15, 0.2) is 0 Å². The van der Waals surface area contributed by atoms with Gasteiger partial charge in [-0.1, -0.05) is 37.3 Å². The summed E-state index contributed by atoms with van der Waals surface area (Å²) in [7, 11) is 0. The van der Waals surface area contributed by atoms with Gasteiger partial charge in [0.2, 0.25) is 5.91 Å². The first-order chi connectivity index (χ1) is 10.5. The third kappa shape index (κ3) is 2.22. The van der Waals surface area contributed by atoms with Crippen LogP contribution in [0.1, 0.15) is 19.4 Å². The number of hydrogen-bond donors (Lipinski definition) is 2. The van der Waals surface area contributed by atoms with Crippen LogP contribution in [0, 0.1) is 11.8 Å². The fourth-order valence-electron chi connectivity index (χ4n) is 3.44. The Labute approximate surface area is 129 Å². The third-order valence-corrected chi connectivity index (χ3v) is 4.56. The summed E-state index contributed by atoms with van der Waals surface area (Å²) >= 11 is 0. The maximum Gasteiger partial charge on any atom is 0.310 e. The molecule has 1 aromatic rings. The lowest BCUT2D eigenvalue weighted by atomic mass is 9.75. The Morgan fingerprint density at radius 3 is 2.77 bits per heavy atom. The highest BCUT2D eigenvalue weighted by atomic mass is 16.5. The van der Waals surface area contributed by atoms with Gasteiger partial charge < -0.3 is 15.2 Å². The number of ether oxygens (including phenoxy) is 1. The second-order valence-electron chi connectivity index (χ2n) is 5.97. The number of carboxylic acids is 1. The van der Waals surface area contributed by atoms with Crippen LogP contribution >= 0.6 is 0 Å². The van der Waals surface area contributed by atoms with Gasteiger partial charge in [-0.25, -0.2) is 0 Å². The Bertz CT molecular complexity index is 654. The number of carbonyl (C=O) groups is 2. The second-order valence-corrected chi connectivity index (χ2v) is 5.97. The predicted octanol–water partition coefficient (Wildman–Crippen LogP) is 2.23. The lowest BCUT2D eigenvalue weighted by Crippen LogP contribution is -2.44. The van der Waals surface area contributed by atoms with Crippen LogP contribution < -0.4 is 5.32 Å². The van der Waals surface area contributed by atoms with E-state index in [-0.39, 0.29) is 5.91 Å². The van der Waals surface area contributed by atoms with Crippen molar-refractivity contribution in [1.82, 2.24) is 0 Å². The molecular weight excluding hydrogens is 282 g/mol. The summed E-state index contributed by atoms with van der Waals surface area (Å²) in [5.41, 5.74) is 0.904. The maximum atomic E-state index is 12.7. The van der Waals surface area contributed by atoms with Crippen molar-refractivity contribution in [3.8, 4) is 0 Å². The number of fused-ring (bicyclic) bond motifs is 2. The van der Waals surface area contributed by atoms with Crippen molar-refractivity contribution in [2.45, 2.75) is 32.0 Å². The molecule has 2 N–H and O–H groups in total. The zero-order valence-electron chi connectivity index (χ0n) is 12.6. The van der Waals surface area contributed by atoms with Crippen LogP contribution in [0.3, 0.4) is 0 Å². The van der Waals surface area contributed by atoms with Gasteiger partial charge in [0.1, 0.15) is 5.92 Å². The van der Waals surface area contributed by atoms with Gasteiger partial charge in [-0.15, -0.1) is 0 Å². The first-order valence-electron chi connectivity index (χ1n) is 7.45. The summed E-state index contributed by atoms with van der Waals surface area (Å²) in [4.78, 5) is 24.2. The minimum atomic E-state index is -0.998. The van der Waals surface area contributed by atoms with Crippen LogP contribution in [-0.4, -0.2) is 28.7 Å². The number of rotatable bonds is 4. The van der Waals surface area contributed by atoms with Gasteiger partial charge in [0.05, 0.1) is 17.6 Å². The zero-order valence-corrected chi connectivity index (χ0v) is 12.6. The van der Waals surface area contributed by atoms with Gasteiger partial charge in [-0.05, 0) is 25.0 Å². The second kappa shape index (κ2) is 5.25. The van der Waals surface area contributed by atoms with E-state index < -0.39 is 29.5 Å². The van der Waals surface area contributed by atoms with E-state index >= 15 is 0 Å². The number of nitrogens with one attached hydrogen (secondary N) is 1. The van der Waals surface area contributed by atoms with Gasteiger partial charge in [-0.2, -0.15) is 0 Å². The molecule has 5 heteroatoms. The molecule has 116 valence electrons. The molecule has 5 nitrogen and oxygen atoms in total. The molecule has 0 saturated carbocycles. The Hall–Kier alpha value is -2.14. The van der Waals surface area contributed by atoms with Crippen molar-refractivity contribution in [3.63, 3.8) is 0 Å². The highest BCUT2D eigenvalue weighted by Crippen LogP contribution is 2.47. The molecule has 0 aliphatic carbocycles. The number of aryl methyl sites for hydroxylation is 1. The number of para-hydroxylation sites is 1. The molecule has 4 atom stereocenters. The molecule has 2 heterocycles. The van der Waals surface area contributed by atoms with E-state index in [2.05, 4.69) is 5.32 Å². The Kier molecular flexibility index (Phi) is 3.53. The van der Waals surface area contributed by atoms with Crippen molar-refractivity contribution < 1.29 is 19.4 Å². The molecule has 0 radical (unpaired) electrons. The van der Waals surface area contributed by atoms with Crippen LogP contribution in [0.5, 0.6) is 0 Å². The average molecular weight is 301 g/mol. The molecular formula is C17H19NO4. The van der Waals surface area contributed by atoms with Crippen LogP contribution in [0.4, 0.5) is 5.69 Å². The van der Waals surface area contributed by atoms with E-state index in [0.29, 0.717) is 0 Å². The highest BCUT2D eigenvalue weighted by molar-refractivity contribution is 5.97. The van der Waals surface area contributed by atoms with Crippen molar-refractivity contribution in [3.05, 3.63) is 42.0 Å². The number of aliphatic carboxylic acids is 1. The number of anilines is 1. The summed E-state index contributed by atoms with van der Waals surface area (Å²) in [5.74, 6) is -2.88. The molecule has 0 spiro atoms. The Morgan fingerprint density at radius 2 is 2.09 bits per heavy atom. The Balaban J connectivity index is 1.88. The molecule has 2 aliphatic rings. The first kappa shape index (κ1) is 14.8. The van der Waals surface area contributed by atoms with Gasteiger partial charge >= 0.3 is 5.97 Å². The molecule has 2 aliphatic heterocycles. The summed E-state index contributed by atoms with van der Waals surface area (Å²) in [6, 6.07) is 7.55. The number of carboxylic acid groups (broad SMARTS) is 1. The highest BCUT2D eigenvalue weighted by Gasteiger charge is 2.59. The van der Waals surface area contributed by atoms with Crippen molar-refractivity contribution in [1.29, 1.82) is 0 Å². The SMILES string of the molecule is CCc1ccccc1NC(=O)[C@H]1[C@H](C(=O)O)[C@H]2C=C[C@@]1(C)O2. The normalized spacial score (nSPS) is 32.2. The molecule has 0 unspecified atom stereocenters. The molecule has 2 bridgehead atoms. The lowest BCUT2D eigenvalue weighted by Gasteiger charge is -2.28. The van der Waals surface area contributed by atoms with Crippen LogP contribution in [-0.2, 0) is 20.7 Å². The molecule has 1 aromatic carbocycles. The smallest absolute Gasteiger partial charge is 0.310 e. The minimum Gasteiger partial charge on any atom is -0.481 e. The van der Waals surface area contributed by atoms with Crippen molar-refractivity contribution in [2.75, 3.05) is 5.32 Å². The third-order valence-electron chi connectivity index (χ3n) is 4.56. The van der Waals surface area contributed by atoms with Crippen LogP contribution in [0.2, 0.25) is 0 Å². The van der Waals surface area contributed by atoms with Crippen molar-refractivity contribution >= 4 is 17.6 Å². The fourth-order valence-corrected chi connectivity index (χ4v) is 3.44. The first-order valence-corrected chi connectivity index (χ1v) is 7.45. The van der Waals surface area contributed by atoms with Crippen LogP contribution in [0.15, 0.2) is 36.4 Å². The van der Waals surface area contributed by atoms with E-state index in [1.54, 1.807) is 19.1 Å². The van der Waals surface area contributed by atoms with E-state index in [4.69, 9.17) is 4.74 Å². The molecule has 0 aromatic heterocycles. The van der Waals surface area contributed by atoms with E-state index in [1.807, 2.05) is 31.2 Å². The summed E-state index contributed by atoms with van der Waals surface area (Å²) in [6.07, 6.45) is 3.80. The summed E-state index contributed by atoms with van der Waals surface area (Å²) < 4.78 is 5.71. The van der Waals surface area contributed by atoms with Gasteiger partial charge in [-0.3, -0.25) is 9.59 Å². The number of carbonyl (C=O) groups excluding carboxylic acids is 1. The maximum absolute atomic E-state index is 12.7. The van der Waals surface area contributed by atoms with E-state index in [9.17, 15) is 14.7 Å². The average Bonchev–Trinajstić information content (AvgIpc) is 3.00. The largest absolute Gasteiger partial charge is 0.481 e. The quantitative estimate of drug-likeness (QED) is 0.836. The van der Waals surface area contributed by atoms with Gasteiger partial charge in [0.25, 0.3) is 0 Å². The molecule has 1 saturated heterocycles. The van der Waals surface area contributed by atoms with E-state index in [0.717, 1.165) is 17.7 Å². The monoisotopic (exact) mass is 301 g/mol. The number of hydrogen-bond acceptors (Lipinski definition) is 3.